The van der Waals surface area contributed by atoms with Crippen molar-refractivity contribution in [2.24, 2.45) is 5.41 Å². The van der Waals surface area contributed by atoms with E-state index in [0.717, 1.165) is 0 Å². The summed E-state index contributed by atoms with van der Waals surface area (Å²) in [5.74, 6) is 0. The summed E-state index contributed by atoms with van der Waals surface area (Å²) in [6.07, 6.45) is -0.0661. The Hall–Kier alpha value is -1.88. The highest BCUT2D eigenvalue weighted by atomic mass is 16.5. The number of aliphatic hydroxyl groups excluding tert-OH is 2. The van der Waals surface area contributed by atoms with E-state index in [-0.39, 0.29) is 0 Å². The molecule has 2 rings (SSSR count). The maximum atomic E-state index is 11.9. The van der Waals surface area contributed by atoms with Gasteiger partial charge in [0.15, 0.2) is 6.23 Å². The molecule has 0 unspecified atom stereocenters. The third-order valence-corrected chi connectivity index (χ3v) is 3.40. The molecule has 19 heavy (non-hydrogen) atoms. The number of carbonyl (C=O) groups is 1. The second kappa shape index (κ2) is 4.66. The number of nitriles is 1. The zero-order valence-electron chi connectivity index (χ0n) is 10.4. The standard InChI is InChI=1S/C12H15N3O4/c1-7-3-4-15(11(18)14-7)10-12(2,6-13)9(17)8(5-16)19-10/h3-4,8-10,16-17H,1,5H2,2H3,(H,14,18)/t8-,9-,10-,12-/m1/s1. The van der Waals surface area contributed by atoms with Gasteiger partial charge in [-0.15, -0.1) is 0 Å². The molecular formula is C12H15N3O4. The Morgan fingerprint density at radius 2 is 2.42 bits per heavy atom. The van der Waals surface area contributed by atoms with Gasteiger partial charge < -0.3 is 20.3 Å². The summed E-state index contributed by atoms with van der Waals surface area (Å²) < 4.78 is 5.44. The first-order valence-electron chi connectivity index (χ1n) is 5.76. The second-order valence-electron chi connectivity index (χ2n) is 4.73. The maximum absolute atomic E-state index is 11.9. The number of amides is 2. The van der Waals surface area contributed by atoms with Crippen molar-refractivity contribution in [2.45, 2.75) is 25.4 Å². The first-order valence-corrected chi connectivity index (χ1v) is 5.76. The number of aliphatic hydroxyl groups is 2. The highest BCUT2D eigenvalue weighted by Gasteiger charge is 2.56. The summed E-state index contributed by atoms with van der Waals surface area (Å²) in [6.45, 7) is 4.65. The largest absolute Gasteiger partial charge is 0.394 e. The van der Waals surface area contributed by atoms with Gasteiger partial charge in [0.05, 0.1) is 12.7 Å². The van der Waals surface area contributed by atoms with Crippen molar-refractivity contribution in [1.29, 1.82) is 5.26 Å². The molecule has 4 atom stereocenters. The average Bonchev–Trinajstić information content (AvgIpc) is 2.63. The molecule has 0 aromatic carbocycles. The molecule has 0 spiro atoms. The molecular weight excluding hydrogens is 250 g/mol. The van der Waals surface area contributed by atoms with Crippen LogP contribution in [0.15, 0.2) is 24.6 Å². The van der Waals surface area contributed by atoms with Gasteiger partial charge in [-0.2, -0.15) is 5.26 Å². The summed E-state index contributed by atoms with van der Waals surface area (Å²) in [4.78, 5) is 13.0. The van der Waals surface area contributed by atoms with E-state index >= 15 is 0 Å². The van der Waals surface area contributed by atoms with Crippen LogP contribution in [0.25, 0.3) is 0 Å². The Balaban J connectivity index is 2.34. The van der Waals surface area contributed by atoms with E-state index in [9.17, 15) is 15.2 Å². The number of hydrogen-bond donors (Lipinski definition) is 3. The zero-order chi connectivity index (χ0) is 14.2. The maximum Gasteiger partial charge on any atom is 0.328 e. The number of nitrogens with one attached hydrogen (secondary N) is 1. The first-order chi connectivity index (χ1) is 8.93. The fourth-order valence-corrected chi connectivity index (χ4v) is 2.20. The molecule has 0 radical (unpaired) electrons. The summed E-state index contributed by atoms with van der Waals surface area (Å²) >= 11 is 0. The topological polar surface area (TPSA) is 106 Å². The van der Waals surface area contributed by atoms with Crippen molar-refractivity contribution >= 4 is 6.03 Å². The number of hydrogen-bond acceptors (Lipinski definition) is 5. The minimum Gasteiger partial charge on any atom is -0.394 e. The lowest BCUT2D eigenvalue weighted by Crippen LogP contribution is -2.51. The highest BCUT2D eigenvalue weighted by Crippen LogP contribution is 2.40. The summed E-state index contributed by atoms with van der Waals surface area (Å²) in [6, 6.07) is 1.47. The molecule has 1 saturated heterocycles. The molecule has 3 N–H and O–H groups in total. The number of ether oxygens (including phenoxy) is 1. The number of rotatable bonds is 2. The monoisotopic (exact) mass is 265 g/mol. The van der Waals surface area contributed by atoms with E-state index in [1.54, 1.807) is 6.08 Å². The molecule has 102 valence electrons. The molecule has 0 aromatic rings. The number of nitrogens with zero attached hydrogens (tertiary/aromatic N) is 2. The summed E-state index contributed by atoms with van der Waals surface area (Å²) in [5.41, 5.74) is -0.898. The van der Waals surface area contributed by atoms with Gasteiger partial charge in [-0.3, -0.25) is 4.90 Å². The quantitative estimate of drug-likeness (QED) is 0.632. The molecule has 1 fully saturated rings. The highest BCUT2D eigenvalue weighted by molar-refractivity contribution is 5.79. The number of allylic oxidation sites excluding steroid dienone is 1. The molecule has 7 heteroatoms. The van der Waals surface area contributed by atoms with Crippen LogP contribution in [0.3, 0.4) is 0 Å². The Bertz CT molecular complexity index is 484. The molecule has 2 aliphatic rings. The summed E-state index contributed by atoms with van der Waals surface area (Å²) in [5, 5.41) is 30.9. The molecule has 0 saturated carbocycles. The third-order valence-electron chi connectivity index (χ3n) is 3.40. The molecule has 2 amide bonds. The Morgan fingerprint density at radius 1 is 1.74 bits per heavy atom. The van der Waals surface area contributed by atoms with Crippen LogP contribution in [0.5, 0.6) is 0 Å². The first kappa shape index (κ1) is 13.5. The Kier molecular flexibility index (Phi) is 3.32. The van der Waals surface area contributed by atoms with Crippen LogP contribution in [0, 0.1) is 16.7 Å². The molecule has 2 aliphatic heterocycles. The summed E-state index contributed by atoms with van der Waals surface area (Å²) in [7, 11) is 0. The van der Waals surface area contributed by atoms with Gasteiger partial charge in [-0.05, 0) is 13.0 Å². The van der Waals surface area contributed by atoms with Crippen molar-refractivity contribution in [3.8, 4) is 6.07 Å². The van der Waals surface area contributed by atoms with Crippen molar-refractivity contribution in [1.82, 2.24) is 10.2 Å². The smallest absolute Gasteiger partial charge is 0.328 e. The van der Waals surface area contributed by atoms with E-state index < -0.39 is 36.5 Å². The Labute approximate surface area is 110 Å². The van der Waals surface area contributed by atoms with Gasteiger partial charge in [0.1, 0.15) is 17.6 Å². The van der Waals surface area contributed by atoms with Crippen LogP contribution in [-0.2, 0) is 4.74 Å². The Morgan fingerprint density at radius 3 is 2.95 bits per heavy atom. The lowest BCUT2D eigenvalue weighted by molar-refractivity contribution is -0.0598. The minimum absolute atomic E-state index is 0.428. The lowest BCUT2D eigenvalue weighted by atomic mass is 9.83. The fraction of sp³-hybridized carbons (Fsp3) is 0.500. The molecule has 0 bridgehead atoms. The zero-order valence-corrected chi connectivity index (χ0v) is 10.4. The average molecular weight is 265 g/mol. The van der Waals surface area contributed by atoms with E-state index in [0.29, 0.717) is 5.70 Å². The number of urea groups is 1. The SMILES string of the molecule is C=C1C=CN([C@@H]2O[C@H](CO)[C@@H](O)[C@@]2(C)C#N)C(=O)N1. The van der Waals surface area contributed by atoms with Gasteiger partial charge in [-0.25, -0.2) is 4.79 Å². The van der Waals surface area contributed by atoms with Crippen LogP contribution >= 0.6 is 0 Å². The van der Waals surface area contributed by atoms with Crippen molar-refractivity contribution in [3.05, 3.63) is 24.6 Å². The van der Waals surface area contributed by atoms with Crippen LogP contribution in [0.2, 0.25) is 0 Å². The van der Waals surface area contributed by atoms with Gasteiger partial charge in [-0.1, -0.05) is 6.58 Å². The van der Waals surface area contributed by atoms with Gasteiger partial charge in [0.2, 0.25) is 0 Å². The van der Waals surface area contributed by atoms with Crippen molar-refractivity contribution in [3.63, 3.8) is 0 Å². The minimum atomic E-state index is -1.33. The van der Waals surface area contributed by atoms with Crippen molar-refractivity contribution in [2.75, 3.05) is 6.61 Å². The van der Waals surface area contributed by atoms with E-state index in [1.165, 1.54) is 18.0 Å². The molecule has 7 nitrogen and oxygen atoms in total. The predicted molar refractivity (Wildman–Crippen MR) is 64.1 cm³/mol. The van der Waals surface area contributed by atoms with E-state index in [1.807, 2.05) is 6.07 Å². The van der Waals surface area contributed by atoms with Gasteiger partial charge in [0, 0.05) is 11.9 Å². The van der Waals surface area contributed by atoms with Gasteiger partial charge in [0.25, 0.3) is 0 Å². The third kappa shape index (κ3) is 2.00. The molecule has 0 aliphatic carbocycles. The van der Waals surface area contributed by atoms with Crippen LogP contribution < -0.4 is 5.32 Å². The lowest BCUT2D eigenvalue weighted by Gasteiger charge is -2.34. The van der Waals surface area contributed by atoms with E-state index in [4.69, 9.17) is 9.84 Å². The second-order valence-corrected chi connectivity index (χ2v) is 4.73. The normalized spacial score (nSPS) is 38.2. The fourth-order valence-electron chi connectivity index (χ4n) is 2.20. The van der Waals surface area contributed by atoms with Crippen molar-refractivity contribution < 1.29 is 19.7 Å². The number of carbonyl (C=O) groups excluding carboxylic acids is 1. The van der Waals surface area contributed by atoms with Crippen LogP contribution in [-0.4, -0.2) is 46.2 Å². The molecule has 0 aromatic heterocycles. The van der Waals surface area contributed by atoms with E-state index in [2.05, 4.69) is 11.9 Å². The predicted octanol–water partition coefficient (Wildman–Crippen LogP) is -0.353. The molecule has 2 heterocycles. The van der Waals surface area contributed by atoms with Crippen LogP contribution in [0.1, 0.15) is 6.92 Å². The van der Waals surface area contributed by atoms with Crippen LogP contribution in [0.4, 0.5) is 4.79 Å². The van der Waals surface area contributed by atoms with Gasteiger partial charge >= 0.3 is 6.03 Å².